The number of hydrogen-bond donors (Lipinski definition) is 1. The SMILES string of the molecule is CCN(CCO)c1cc(C2CCOCC2)ncn1. The molecular formula is C13H21N3O2. The van der Waals surface area contributed by atoms with Gasteiger partial charge in [0.2, 0.25) is 0 Å². The van der Waals surface area contributed by atoms with Gasteiger partial charge < -0.3 is 14.7 Å². The average Bonchev–Trinajstić information content (AvgIpc) is 2.46. The van der Waals surface area contributed by atoms with Gasteiger partial charge in [0.15, 0.2) is 0 Å². The molecule has 1 aliphatic rings. The van der Waals surface area contributed by atoms with Gasteiger partial charge in [0, 0.05) is 44.0 Å². The number of rotatable bonds is 5. The fraction of sp³-hybridized carbons (Fsp3) is 0.692. The number of aliphatic hydroxyl groups is 1. The number of aromatic nitrogens is 2. The summed E-state index contributed by atoms with van der Waals surface area (Å²) in [4.78, 5) is 10.7. The topological polar surface area (TPSA) is 58.5 Å². The van der Waals surface area contributed by atoms with Gasteiger partial charge in [-0.2, -0.15) is 0 Å². The molecule has 0 bridgehead atoms. The summed E-state index contributed by atoms with van der Waals surface area (Å²) in [5, 5.41) is 9.05. The standard InChI is InChI=1S/C13H21N3O2/c1-2-16(5-6-17)13-9-12(14-10-15-13)11-3-7-18-8-4-11/h9-11,17H,2-8H2,1H3. The van der Waals surface area contributed by atoms with Crippen molar-refractivity contribution in [2.24, 2.45) is 0 Å². The maximum atomic E-state index is 9.05. The Morgan fingerprint density at radius 2 is 2.17 bits per heavy atom. The molecular weight excluding hydrogens is 230 g/mol. The van der Waals surface area contributed by atoms with Crippen molar-refractivity contribution < 1.29 is 9.84 Å². The van der Waals surface area contributed by atoms with Gasteiger partial charge in [-0.3, -0.25) is 0 Å². The third-order valence-corrected chi connectivity index (χ3v) is 3.39. The summed E-state index contributed by atoms with van der Waals surface area (Å²) < 4.78 is 5.37. The molecule has 1 saturated heterocycles. The highest BCUT2D eigenvalue weighted by Crippen LogP contribution is 2.26. The fourth-order valence-corrected chi connectivity index (χ4v) is 2.31. The van der Waals surface area contributed by atoms with E-state index >= 15 is 0 Å². The fourth-order valence-electron chi connectivity index (χ4n) is 2.31. The first-order valence-electron chi connectivity index (χ1n) is 6.60. The molecule has 1 fully saturated rings. The van der Waals surface area contributed by atoms with Crippen LogP contribution in [0, 0.1) is 0 Å². The minimum Gasteiger partial charge on any atom is -0.395 e. The zero-order valence-electron chi connectivity index (χ0n) is 10.9. The second-order valence-corrected chi connectivity index (χ2v) is 4.49. The number of anilines is 1. The molecule has 0 aliphatic carbocycles. The first kappa shape index (κ1) is 13.2. The lowest BCUT2D eigenvalue weighted by Gasteiger charge is -2.24. The van der Waals surface area contributed by atoms with Crippen LogP contribution in [0.25, 0.3) is 0 Å². The molecule has 2 rings (SSSR count). The van der Waals surface area contributed by atoms with Crippen molar-refractivity contribution in [1.29, 1.82) is 0 Å². The van der Waals surface area contributed by atoms with Crippen LogP contribution in [-0.2, 0) is 4.74 Å². The van der Waals surface area contributed by atoms with E-state index in [1.807, 2.05) is 0 Å². The lowest BCUT2D eigenvalue weighted by molar-refractivity contribution is 0.0845. The van der Waals surface area contributed by atoms with Gasteiger partial charge in [0.05, 0.1) is 6.61 Å². The van der Waals surface area contributed by atoms with Crippen molar-refractivity contribution in [3.63, 3.8) is 0 Å². The zero-order chi connectivity index (χ0) is 12.8. The predicted molar refractivity (Wildman–Crippen MR) is 69.8 cm³/mol. The van der Waals surface area contributed by atoms with Crippen molar-refractivity contribution in [3.05, 3.63) is 18.1 Å². The quantitative estimate of drug-likeness (QED) is 0.852. The van der Waals surface area contributed by atoms with Crippen LogP contribution in [0.5, 0.6) is 0 Å². The monoisotopic (exact) mass is 251 g/mol. The molecule has 0 amide bonds. The number of likely N-dealkylation sites (N-methyl/N-ethyl adjacent to an activating group) is 1. The molecule has 5 nitrogen and oxygen atoms in total. The summed E-state index contributed by atoms with van der Waals surface area (Å²) in [5.41, 5.74) is 1.10. The Kier molecular flexibility index (Phi) is 4.90. The molecule has 0 spiro atoms. The molecule has 5 heteroatoms. The molecule has 0 radical (unpaired) electrons. The Balaban J connectivity index is 2.12. The number of hydrogen-bond acceptors (Lipinski definition) is 5. The van der Waals surface area contributed by atoms with Crippen LogP contribution in [0.4, 0.5) is 5.82 Å². The maximum absolute atomic E-state index is 9.05. The van der Waals surface area contributed by atoms with Crippen LogP contribution in [-0.4, -0.2) is 48.0 Å². The Morgan fingerprint density at radius 1 is 1.39 bits per heavy atom. The van der Waals surface area contributed by atoms with Crippen LogP contribution in [0.3, 0.4) is 0 Å². The normalized spacial score (nSPS) is 16.8. The zero-order valence-corrected chi connectivity index (χ0v) is 10.9. The summed E-state index contributed by atoms with van der Waals surface area (Å²) in [7, 11) is 0. The van der Waals surface area contributed by atoms with Crippen LogP contribution in [0.15, 0.2) is 12.4 Å². The summed E-state index contributed by atoms with van der Waals surface area (Å²) in [5.74, 6) is 1.39. The van der Waals surface area contributed by atoms with Gasteiger partial charge in [-0.25, -0.2) is 9.97 Å². The molecule has 1 N–H and O–H groups in total. The van der Waals surface area contributed by atoms with Gasteiger partial charge in [-0.1, -0.05) is 0 Å². The van der Waals surface area contributed by atoms with Crippen LogP contribution < -0.4 is 4.90 Å². The minimum atomic E-state index is 0.143. The first-order valence-corrected chi connectivity index (χ1v) is 6.60. The minimum absolute atomic E-state index is 0.143. The number of nitrogens with zero attached hydrogens (tertiary/aromatic N) is 3. The van der Waals surface area contributed by atoms with Gasteiger partial charge in [0.1, 0.15) is 12.1 Å². The molecule has 2 heterocycles. The molecule has 0 atom stereocenters. The highest BCUT2D eigenvalue weighted by Gasteiger charge is 2.18. The smallest absolute Gasteiger partial charge is 0.132 e. The van der Waals surface area contributed by atoms with E-state index in [1.165, 1.54) is 0 Å². The summed E-state index contributed by atoms with van der Waals surface area (Å²) in [6.07, 6.45) is 3.69. The van der Waals surface area contributed by atoms with E-state index in [0.717, 1.165) is 44.1 Å². The first-order chi connectivity index (χ1) is 8.85. The van der Waals surface area contributed by atoms with Gasteiger partial charge >= 0.3 is 0 Å². The Hall–Kier alpha value is -1.20. The van der Waals surface area contributed by atoms with Crippen LogP contribution in [0.2, 0.25) is 0 Å². The summed E-state index contributed by atoms with van der Waals surface area (Å²) >= 11 is 0. The van der Waals surface area contributed by atoms with Crippen molar-refractivity contribution in [2.75, 3.05) is 37.8 Å². The Bertz CT molecular complexity index is 347. The number of ether oxygens (including phenoxy) is 1. The molecule has 100 valence electrons. The van der Waals surface area contributed by atoms with E-state index in [4.69, 9.17) is 9.84 Å². The molecule has 1 aromatic heterocycles. The van der Waals surface area contributed by atoms with E-state index < -0.39 is 0 Å². The third kappa shape index (κ3) is 3.17. The summed E-state index contributed by atoms with van der Waals surface area (Å²) in [6.45, 7) is 5.29. The molecule has 0 aromatic carbocycles. The Labute approximate surface area is 108 Å². The van der Waals surface area contributed by atoms with Crippen LogP contribution >= 0.6 is 0 Å². The van der Waals surface area contributed by atoms with Crippen molar-refractivity contribution in [3.8, 4) is 0 Å². The van der Waals surface area contributed by atoms with Crippen molar-refractivity contribution in [2.45, 2.75) is 25.7 Å². The highest BCUT2D eigenvalue weighted by atomic mass is 16.5. The second kappa shape index (κ2) is 6.66. The average molecular weight is 251 g/mol. The van der Waals surface area contributed by atoms with E-state index in [1.54, 1.807) is 6.33 Å². The van der Waals surface area contributed by atoms with E-state index in [0.29, 0.717) is 12.5 Å². The maximum Gasteiger partial charge on any atom is 0.132 e. The van der Waals surface area contributed by atoms with Crippen molar-refractivity contribution in [1.82, 2.24) is 9.97 Å². The van der Waals surface area contributed by atoms with Crippen molar-refractivity contribution >= 4 is 5.82 Å². The predicted octanol–water partition coefficient (Wildman–Crippen LogP) is 1.19. The second-order valence-electron chi connectivity index (χ2n) is 4.49. The highest BCUT2D eigenvalue weighted by molar-refractivity contribution is 5.39. The van der Waals surface area contributed by atoms with E-state index in [2.05, 4.69) is 27.9 Å². The summed E-state index contributed by atoms with van der Waals surface area (Å²) in [6, 6.07) is 2.05. The third-order valence-electron chi connectivity index (χ3n) is 3.39. The lowest BCUT2D eigenvalue weighted by atomic mass is 9.96. The van der Waals surface area contributed by atoms with Gasteiger partial charge in [0.25, 0.3) is 0 Å². The molecule has 18 heavy (non-hydrogen) atoms. The van der Waals surface area contributed by atoms with Gasteiger partial charge in [-0.05, 0) is 19.8 Å². The molecule has 1 aliphatic heterocycles. The van der Waals surface area contributed by atoms with E-state index in [9.17, 15) is 0 Å². The number of aliphatic hydroxyl groups excluding tert-OH is 1. The largest absolute Gasteiger partial charge is 0.395 e. The molecule has 0 saturated carbocycles. The molecule has 0 unspecified atom stereocenters. The lowest BCUT2D eigenvalue weighted by Crippen LogP contribution is -2.27. The van der Waals surface area contributed by atoms with E-state index in [-0.39, 0.29) is 6.61 Å². The van der Waals surface area contributed by atoms with Crippen LogP contribution in [0.1, 0.15) is 31.4 Å². The van der Waals surface area contributed by atoms with Gasteiger partial charge in [-0.15, -0.1) is 0 Å². The molecule has 1 aromatic rings. The Morgan fingerprint density at radius 3 is 2.83 bits per heavy atom.